The van der Waals surface area contributed by atoms with E-state index >= 15 is 0 Å². The van der Waals surface area contributed by atoms with Crippen LogP contribution in [0.1, 0.15) is 19.8 Å². The standard InChI is InChI=1S/C13H26N2O3/c1-11-5-4-6-15(7-11)13(17)9-14(2)8-12(16)10-18-3/h11-12,16H,4-10H2,1-3H3. The van der Waals surface area contributed by atoms with Gasteiger partial charge < -0.3 is 14.7 Å². The van der Waals surface area contributed by atoms with Crippen molar-refractivity contribution in [3.05, 3.63) is 0 Å². The lowest BCUT2D eigenvalue weighted by Crippen LogP contribution is -2.45. The predicted molar refractivity (Wildman–Crippen MR) is 70.4 cm³/mol. The van der Waals surface area contributed by atoms with Gasteiger partial charge >= 0.3 is 0 Å². The Labute approximate surface area is 110 Å². The summed E-state index contributed by atoms with van der Waals surface area (Å²) in [7, 11) is 3.41. The summed E-state index contributed by atoms with van der Waals surface area (Å²) in [5.74, 6) is 0.765. The molecule has 0 aliphatic carbocycles. The van der Waals surface area contributed by atoms with Gasteiger partial charge in [-0.05, 0) is 25.8 Å². The third-order valence-corrected chi connectivity index (χ3v) is 3.30. The highest BCUT2D eigenvalue weighted by Gasteiger charge is 2.22. The molecule has 106 valence electrons. The van der Waals surface area contributed by atoms with E-state index in [9.17, 15) is 9.90 Å². The number of piperidine rings is 1. The van der Waals surface area contributed by atoms with Crippen LogP contribution in [0, 0.1) is 5.92 Å². The number of methoxy groups -OCH3 is 1. The van der Waals surface area contributed by atoms with Gasteiger partial charge in [-0.25, -0.2) is 0 Å². The zero-order chi connectivity index (χ0) is 13.5. The molecule has 0 bridgehead atoms. The second-order valence-corrected chi connectivity index (χ2v) is 5.39. The number of hydrogen-bond acceptors (Lipinski definition) is 4. The SMILES string of the molecule is COCC(O)CN(C)CC(=O)N1CCCC(C)C1. The summed E-state index contributed by atoms with van der Waals surface area (Å²) >= 11 is 0. The molecule has 1 fully saturated rings. The van der Waals surface area contributed by atoms with Crippen molar-refractivity contribution in [2.24, 2.45) is 5.92 Å². The van der Waals surface area contributed by atoms with Crippen LogP contribution in [-0.2, 0) is 9.53 Å². The first kappa shape index (κ1) is 15.4. The molecule has 1 N–H and O–H groups in total. The molecule has 5 heteroatoms. The number of aliphatic hydroxyl groups excluding tert-OH is 1. The summed E-state index contributed by atoms with van der Waals surface area (Å²) in [6.07, 6.45) is 1.78. The van der Waals surface area contributed by atoms with Crippen LogP contribution in [0.3, 0.4) is 0 Å². The second kappa shape index (κ2) is 7.71. The molecule has 0 saturated carbocycles. The summed E-state index contributed by atoms with van der Waals surface area (Å²) in [5, 5.41) is 9.59. The molecule has 1 amide bonds. The summed E-state index contributed by atoms with van der Waals surface area (Å²) < 4.78 is 4.87. The number of nitrogens with zero attached hydrogens (tertiary/aromatic N) is 2. The van der Waals surface area contributed by atoms with Crippen LogP contribution in [0.2, 0.25) is 0 Å². The first-order valence-electron chi connectivity index (χ1n) is 6.66. The minimum Gasteiger partial charge on any atom is -0.389 e. The van der Waals surface area contributed by atoms with E-state index in [2.05, 4.69) is 6.92 Å². The fourth-order valence-electron chi connectivity index (χ4n) is 2.42. The Morgan fingerprint density at radius 1 is 1.61 bits per heavy atom. The third-order valence-electron chi connectivity index (χ3n) is 3.30. The highest BCUT2D eigenvalue weighted by molar-refractivity contribution is 5.78. The highest BCUT2D eigenvalue weighted by Crippen LogP contribution is 2.15. The number of likely N-dealkylation sites (tertiary alicyclic amines) is 1. The molecule has 0 aromatic rings. The molecule has 2 unspecified atom stereocenters. The van der Waals surface area contributed by atoms with Gasteiger partial charge in [0.25, 0.3) is 0 Å². The summed E-state index contributed by atoms with van der Waals surface area (Å²) in [6, 6.07) is 0. The van der Waals surface area contributed by atoms with E-state index in [4.69, 9.17) is 4.74 Å². The zero-order valence-electron chi connectivity index (χ0n) is 11.8. The van der Waals surface area contributed by atoms with Crippen molar-refractivity contribution in [3.8, 4) is 0 Å². The lowest BCUT2D eigenvalue weighted by atomic mass is 10.0. The number of ether oxygens (including phenoxy) is 1. The largest absolute Gasteiger partial charge is 0.389 e. The molecule has 0 aromatic heterocycles. The molecule has 0 radical (unpaired) electrons. The molecule has 2 atom stereocenters. The van der Waals surface area contributed by atoms with Crippen LogP contribution >= 0.6 is 0 Å². The van der Waals surface area contributed by atoms with Crippen molar-refractivity contribution in [3.63, 3.8) is 0 Å². The van der Waals surface area contributed by atoms with Crippen LogP contribution in [0.25, 0.3) is 0 Å². The van der Waals surface area contributed by atoms with Crippen LogP contribution in [0.4, 0.5) is 0 Å². The van der Waals surface area contributed by atoms with Gasteiger partial charge in [-0.1, -0.05) is 6.92 Å². The molecule has 1 aliphatic heterocycles. The maximum absolute atomic E-state index is 12.1. The third kappa shape index (κ3) is 5.33. The monoisotopic (exact) mass is 258 g/mol. The van der Waals surface area contributed by atoms with Gasteiger partial charge in [-0.2, -0.15) is 0 Å². The molecule has 1 saturated heterocycles. The molecule has 0 aromatic carbocycles. The van der Waals surface area contributed by atoms with E-state index < -0.39 is 6.10 Å². The maximum Gasteiger partial charge on any atom is 0.236 e. The van der Waals surface area contributed by atoms with Gasteiger partial charge in [-0.3, -0.25) is 9.69 Å². The van der Waals surface area contributed by atoms with E-state index in [1.807, 2.05) is 16.8 Å². The van der Waals surface area contributed by atoms with Crippen LogP contribution < -0.4 is 0 Å². The van der Waals surface area contributed by atoms with Crippen molar-refractivity contribution in [1.29, 1.82) is 0 Å². The number of likely N-dealkylation sites (N-methyl/N-ethyl adjacent to an activating group) is 1. The Morgan fingerprint density at radius 3 is 2.94 bits per heavy atom. The number of aliphatic hydroxyl groups is 1. The van der Waals surface area contributed by atoms with E-state index in [-0.39, 0.29) is 5.91 Å². The van der Waals surface area contributed by atoms with Gasteiger partial charge in [0.05, 0.1) is 19.3 Å². The smallest absolute Gasteiger partial charge is 0.236 e. The van der Waals surface area contributed by atoms with Crippen molar-refractivity contribution >= 4 is 5.91 Å². The van der Waals surface area contributed by atoms with Crippen LogP contribution in [0.15, 0.2) is 0 Å². The molecule has 5 nitrogen and oxygen atoms in total. The number of amides is 1. The molecular weight excluding hydrogens is 232 g/mol. The van der Waals surface area contributed by atoms with Gasteiger partial charge in [-0.15, -0.1) is 0 Å². The number of hydrogen-bond donors (Lipinski definition) is 1. The topological polar surface area (TPSA) is 53.0 Å². The molecule has 18 heavy (non-hydrogen) atoms. The van der Waals surface area contributed by atoms with Crippen molar-refractivity contribution in [1.82, 2.24) is 9.80 Å². The maximum atomic E-state index is 12.1. The minimum atomic E-state index is -0.534. The lowest BCUT2D eigenvalue weighted by molar-refractivity contribution is -0.134. The fraction of sp³-hybridized carbons (Fsp3) is 0.923. The predicted octanol–water partition coefficient (Wildman–Crippen LogP) is 0.184. The van der Waals surface area contributed by atoms with Crippen LogP contribution in [-0.4, -0.2) is 73.9 Å². The van der Waals surface area contributed by atoms with Gasteiger partial charge in [0, 0.05) is 26.7 Å². The van der Waals surface area contributed by atoms with Crippen LogP contribution in [0.5, 0.6) is 0 Å². The number of carbonyl (C=O) groups excluding carboxylic acids is 1. The highest BCUT2D eigenvalue weighted by atomic mass is 16.5. The quantitative estimate of drug-likeness (QED) is 0.738. The van der Waals surface area contributed by atoms with Crippen molar-refractivity contribution < 1.29 is 14.6 Å². The summed E-state index contributed by atoms with van der Waals surface area (Å²) in [6.45, 7) is 5.06. The Kier molecular flexibility index (Phi) is 6.60. The summed E-state index contributed by atoms with van der Waals surface area (Å²) in [4.78, 5) is 15.9. The zero-order valence-corrected chi connectivity index (χ0v) is 11.8. The molecule has 0 spiro atoms. The van der Waals surface area contributed by atoms with E-state index in [0.717, 1.165) is 19.5 Å². The first-order chi connectivity index (χ1) is 8.52. The Hall–Kier alpha value is -0.650. The average Bonchev–Trinajstić information content (AvgIpc) is 2.28. The van der Waals surface area contributed by atoms with E-state index in [1.165, 1.54) is 6.42 Å². The second-order valence-electron chi connectivity index (χ2n) is 5.39. The normalized spacial score (nSPS) is 22.3. The van der Waals surface area contributed by atoms with Crippen molar-refractivity contribution in [2.75, 3.05) is 46.9 Å². The fourth-order valence-corrected chi connectivity index (χ4v) is 2.42. The van der Waals surface area contributed by atoms with E-state index in [0.29, 0.717) is 25.6 Å². The van der Waals surface area contributed by atoms with Gasteiger partial charge in [0.1, 0.15) is 0 Å². The Balaban J connectivity index is 2.30. The Morgan fingerprint density at radius 2 is 2.33 bits per heavy atom. The number of rotatable bonds is 6. The lowest BCUT2D eigenvalue weighted by Gasteiger charge is -2.32. The average molecular weight is 258 g/mol. The number of carbonyl (C=O) groups is 1. The first-order valence-corrected chi connectivity index (χ1v) is 6.66. The Bertz CT molecular complexity index is 261. The minimum absolute atomic E-state index is 0.161. The molecule has 1 rings (SSSR count). The molecule has 1 aliphatic rings. The summed E-state index contributed by atoms with van der Waals surface area (Å²) in [5.41, 5.74) is 0. The van der Waals surface area contributed by atoms with E-state index in [1.54, 1.807) is 7.11 Å². The molecule has 1 heterocycles. The molecular formula is C13H26N2O3. The van der Waals surface area contributed by atoms with Crippen molar-refractivity contribution in [2.45, 2.75) is 25.9 Å². The van der Waals surface area contributed by atoms with Gasteiger partial charge in [0.15, 0.2) is 0 Å². The van der Waals surface area contributed by atoms with Gasteiger partial charge in [0.2, 0.25) is 5.91 Å².